The van der Waals surface area contributed by atoms with E-state index in [9.17, 15) is 9.59 Å². The highest BCUT2D eigenvalue weighted by Crippen LogP contribution is 2.22. The molecule has 1 aliphatic heterocycles. The van der Waals surface area contributed by atoms with Crippen LogP contribution in [0.1, 0.15) is 40.1 Å². The number of benzene rings is 2. The summed E-state index contributed by atoms with van der Waals surface area (Å²) in [6.45, 7) is 6.36. The van der Waals surface area contributed by atoms with Gasteiger partial charge >= 0.3 is 0 Å². The second-order valence-corrected chi connectivity index (χ2v) is 7.69. The number of carbonyl (C=O) groups is 2. The maximum absolute atomic E-state index is 13.0. The number of rotatable bonds is 4. The summed E-state index contributed by atoms with van der Waals surface area (Å²) in [6.07, 6.45) is 0. The fraction of sp³-hybridized carbons (Fsp3) is 0.333. The van der Waals surface area contributed by atoms with Gasteiger partial charge in [-0.2, -0.15) is 0 Å². The Hall–Kier alpha value is -2.41. The molecule has 7 heteroatoms. The summed E-state index contributed by atoms with van der Waals surface area (Å²) in [5, 5.41) is 9.26. The molecule has 2 aromatic rings. The molecule has 0 unspecified atom stereocenters. The molecule has 0 bridgehead atoms. The molecule has 0 spiro atoms. The molecule has 0 aromatic heterocycles. The first-order valence-corrected chi connectivity index (χ1v) is 9.60. The van der Waals surface area contributed by atoms with E-state index in [1.54, 1.807) is 41.9 Å². The minimum Gasteiger partial charge on any atom is -0.331 e. The summed E-state index contributed by atoms with van der Waals surface area (Å²) in [7, 11) is 0. The first-order valence-electron chi connectivity index (χ1n) is 9.23. The topological polar surface area (TPSA) is 72.9 Å². The van der Waals surface area contributed by atoms with Crippen LogP contribution in [0.2, 0.25) is 5.02 Å². The largest absolute Gasteiger partial charge is 0.331 e. The number of hydrogen-bond donors (Lipinski definition) is 2. The molecule has 0 radical (unpaired) electrons. The van der Waals surface area contributed by atoms with E-state index >= 15 is 0 Å². The number of carbonyl (C=O) groups excluding carboxylic acids is 2. The van der Waals surface area contributed by atoms with Gasteiger partial charge in [0.1, 0.15) is 0 Å². The van der Waals surface area contributed by atoms with Gasteiger partial charge in [-0.1, -0.05) is 29.8 Å². The van der Waals surface area contributed by atoms with Crippen LogP contribution in [0.25, 0.3) is 0 Å². The molecular weight excluding hydrogens is 378 g/mol. The predicted molar refractivity (Wildman–Crippen MR) is 108 cm³/mol. The molecule has 0 saturated carbocycles. The average Bonchev–Trinajstić information content (AvgIpc) is 2.67. The molecular formula is C21H24ClN3O3. The Bertz CT molecular complexity index is 844. The van der Waals surface area contributed by atoms with Gasteiger partial charge in [0.2, 0.25) is 0 Å². The van der Waals surface area contributed by atoms with Gasteiger partial charge in [-0.3, -0.25) is 19.7 Å². The van der Waals surface area contributed by atoms with E-state index in [-0.39, 0.29) is 18.0 Å². The molecule has 148 valence electrons. The fourth-order valence-electron chi connectivity index (χ4n) is 3.82. The SMILES string of the molecule is C[C@@H]1CN(Cc2ccc(C(=O)NO)cc2)C[C@H](C)N1C(=O)c1cccc(Cl)c1. The van der Waals surface area contributed by atoms with E-state index in [2.05, 4.69) is 18.7 Å². The standard InChI is InChI=1S/C21H24ClN3O3/c1-14-11-24(13-16-6-8-17(9-7-16)20(26)23-28)12-15(2)25(14)21(27)18-4-3-5-19(22)10-18/h3-10,14-15,28H,11-13H2,1-2H3,(H,23,26)/t14-,15+. The molecule has 2 aromatic carbocycles. The van der Waals surface area contributed by atoms with Crippen molar-refractivity contribution in [1.82, 2.24) is 15.3 Å². The molecule has 6 nitrogen and oxygen atoms in total. The van der Waals surface area contributed by atoms with Crippen LogP contribution in [0.4, 0.5) is 0 Å². The maximum atomic E-state index is 13.0. The second kappa shape index (κ2) is 8.73. The van der Waals surface area contributed by atoms with E-state index in [1.165, 1.54) is 0 Å². The Morgan fingerprint density at radius 1 is 1.07 bits per heavy atom. The lowest BCUT2D eigenvalue weighted by molar-refractivity contribution is 0.0268. The second-order valence-electron chi connectivity index (χ2n) is 7.25. The Balaban J connectivity index is 1.66. The number of amides is 2. The lowest BCUT2D eigenvalue weighted by Crippen LogP contribution is -2.58. The monoisotopic (exact) mass is 401 g/mol. The highest BCUT2D eigenvalue weighted by Gasteiger charge is 2.33. The van der Waals surface area contributed by atoms with Crippen molar-refractivity contribution in [1.29, 1.82) is 0 Å². The maximum Gasteiger partial charge on any atom is 0.274 e. The molecule has 1 heterocycles. The number of halogens is 1. The van der Waals surface area contributed by atoms with E-state index in [4.69, 9.17) is 16.8 Å². The van der Waals surface area contributed by atoms with Gasteiger partial charge < -0.3 is 4.90 Å². The molecule has 2 amide bonds. The van der Waals surface area contributed by atoms with Crippen LogP contribution in [0, 0.1) is 0 Å². The van der Waals surface area contributed by atoms with E-state index in [1.807, 2.05) is 17.0 Å². The number of hydroxylamine groups is 1. The Kier molecular flexibility index (Phi) is 6.34. The van der Waals surface area contributed by atoms with Crippen molar-refractivity contribution in [2.45, 2.75) is 32.5 Å². The lowest BCUT2D eigenvalue weighted by Gasteiger charge is -2.44. The van der Waals surface area contributed by atoms with Crippen molar-refractivity contribution in [2.75, 3.05) is 13.1 Å². The minimum absolute atomic E-state index is 0.00141. The zero-order valence-corrected chi connectivity index (χ0v) is 16.7. The van der Waals surface area contributed by atoms with Crippen LogP contribution in [-0.2, 0) is 6.54 Å². The third-order valence-corrected chi connectivity index (χ3v) is 5.26. The molecule has 1 fully saturated rings. The smallest absolute Gasteiger partial charge is 0.274 e. The van der Waals surface area contributed by atoms with Crippen molar-refractivity contribution in [3.05, 3.63) is 70.2 Å². The van der Waals surface area contributed by atoms with Gasteiger partial charge in [0.25, 0.3) is 11.8 Å². The molecule has 2 N–H and O–H groups in total. The average molecular weight is 402 g/mol. The van der Waals surface area contributed by atoms with Crippen molar-refractivity contribution in [2.24, 2.45) is 0 Å². The normalized spacial score (nSPS) is 20.1. The summed E-state index contributed by atoms with van der Waals surface area (Å²) >= 11 is 6.04. The van der Waals surface area contributed by atoms with Crippen LogP contribution in [0.3, 0.4) is 0 Å². The molecule has 2 atom stereocenters. The summed E-state index contributed by atoms with van der Waals surface area (Å²) in [4.78, 5) is 28.6. The van der Waals surface area contributed by atoms with E-state index in [0.29, 0.717) is 16.1 Å². The number of nitrogens with zero attached hydrogens (tertiary/aromatic N) is 2. The Morgan fingerprint density at radius 2 is 1.71 bits per heavy atom. The highest BCUT2D eigenvalue weighted by atomic mass is 35.5. The summed E-state index contributed by atoms with van der Waals surface area (Å²) in [5.74, 6) is -0.525. The minimum atomic E-state index is -0.526. The van der Waals surface area contributed by atoms with Crippen LogP contribution in [-0.4, -0.2) is 52.0 Å². The first kappa shape index (κ1) is 20.3. The number of hydrogen-bond acceptors (Lipinski definition) is 4. The van der Waals surface area contributed by atoms with Crippen molar-refractivity contribution >= 4 is 23.4 Å². The van der Waals surface area contributed by atoms with E-state index < -0.39 is 5.91 Å². The Morgan fingerprint density at radius 3 is 2.29 bits per heavy atom. The number of nitrogens with one attached hydrogen (secondary N) is 1. The van der Waals surface area contributed by atoms with Crippen LogP contribution in [0.5, 0.6) is 0 Å². The number of piperazine rings is 1. The zero-order chi connectivity index (χ0) is 20.3. The lowest BCUT2D eigenvalue weighted by atomic mass is 10.0. The van der Waals surface area contributed by atoms with Gasteiger partial charge in [0, 0.05) is 47.9 Å². The first-order chi connectivity index (χ1) is 13.4. The fourth-order valence-corrected chi connectivity index (χ4v) is 4.01. The Labute approximate surface area is 169 Å². The van der Waals surface area contributed by atoms with Gasteiger partial charge in [-0.25, -0.2) is 5.48 Å². The van der Waals surface area contributed by atoms with Gasteiger partial charge in [-0.15, -0.1) is 0 Å². The summed E-state index contributed by atoms with van der Waals surface area (Å²) in [5.41, 5.74) is 3.72. The highest BCUT2D eigenvalue weighted by molar-refractivity contribution is 6.30. The van der Waals surface area contributed by atoms with Gasteiger partial charge in [0.05, 0.1) is 0 Å². The van der Waals surface area contributed by atoms with Crippen LogP contribution < -0.4 is 5.48 Å². The predicted octanol–water partition coefficient (Wildman–Crippen LogP) is 3.19. The van der Waals surface area contributed by atoms with E-state index in [0.717, 1.165) is 25.2 Å². The zero-order valence-electron chi connectivity index (χ0n) is 15.9. The molecule has 28 heavy (non-hydrogen) atoms. The van der Waals surface area contributed by atoms with Crippen molar-refractivity contribution < 1.29 is 14.8 Å². The van der Waals surface area contributed by atoms with Crippen molar-refractivity contribution in [3.8, 4) is 0 Å². The summed E-state index contributed by atoms with van der Waals surface area (Å²) < 4.78 is 0. The third-order valence-electron chi connectivity index (χ3n) is 5.02. The molecule has 3 rings (SSSR count). The van der Waals surface area contributed by atoms with Crippen LogP contribution >= 0.6 is 11.6 Å². The molecule has 0 aliphatic carbocycles. The van der Waals surface area contributed by atoms with Gasteiger partial charge in [0.15, 0.2) is 0 Å². The third kappa shape index (κ3) is 4.52. The van der Waals surface area contributed by atoms with Crippen LogP contribution in [0.15, 0.2) is 48.5 Å². The van der Waals surface area contributed by atoms with Crippen molar-refractivity contribution in [3.63, 3.8) is 0 Å². The van der Waals surface area contributed by atoms with Gasteiger partial charge in [-0.05, 0) is 49.7 Å². The molecule has 1 aliphatic rings. The summed E-state index contributed by atoms with van der Waals surface area (Å²) in [6, 6.07) is 14.3. The quantitative estimate of drug-likeness (QED) is 0.609. The molecule has 1 saturated heterocycles.